The molecule has 3 heterocycles. The molecule has 0 N–H and O–H groups in total. The number of halogens is 4. The van der Waals surface area contributed by atoms with Gasteiger partial charge in [0.2, 0.25) is 5.91 Å². The van der Waals surface area contributed by atoms with E-state index in [1.165, 1.54) is 24.3 Å². The van der Waals surface area contributed by atoms with Gasteiger partial charge in [0.05, 0.1) is 29.8 Å². The van der Waals surface area contributed by atoms with E-state index in [2.05, 4.69) is 6.07 Å². The van der Waals surface area contributed by atoms with Crippen molar-refractivity contribution >= 4 is 29.1 Å². The van der Waals surface area contributed by atoms with Gasteiger partial charge in [0.25, 0.3) is 0 Å². The smallest absolute Gasteiger partial charge is 0.240 e. The first-order valence-corrected chi connectivity index (χ1v) is 15.1. The van der Waals surface area contributed by atoms with Crippen molar-refractivity contribution < 1.29 is 23.0 Å². The second-order valence-corrected chi connectivity index (χ2v) is 14.1. The Morgan fingerprint density at radius 1 is 1.14 bits per heavy atom. The maximum Gasteiger partial charge on any atom is 0.240 e. The number of benzene rings is 2. The average molecular weight is 621 g/mol. The van der Waals surface area contributed by atoms with Crippen LogP contribution in [0.3, 0.4) is 0 Å². The Labute approximate surface area is 256 Å². The number of ether oxygens (including phenoxy) is 2. The molecular formula is C32H37Cl2F2N3O3. The number of piperazine rings is 1. The topological polar surface area (TPSA) is 65.8 Å². The molecule has 42 heavy (non-hydrogen) atoms. The SMILES string of the molecule is CC(C)(C)C[C@@H]1N2CCN(CCC3COC(C)(C)O3)C(=O)[C@H]2[C@H](c2cccc(Cl)c2F)[C@@]1(C#N)c1ccc(Cl)cc1F. The molecule has 2 aromatic carbocycles. The lowest BCUT2D eigenvalue weighted by Crippen LogP contribution is -2.58. The van der Waals surface area contributed by atoms with Crippen molar-refractivity contribution in [2.75, 3.05) is 26.2 Å². The highest BCUT2D eigenvalue weighted by molar-refractivity contribution is 6.31. The van der Waals surface area contributed by atoms with E-state index in [0.29, 0.717) is 39.1 Å². The molecule has 0 aliphatic carbocycles. The molecule has 3 saturated heterocycles. The van der Waals surface area contributed by atoms with Crippen LogP contribution in [-0.2, 0) is 19.7 Å². The van der Waals surface area contributed by atoms with Crippen LogP contribution in [0.2, 0.25) is 10.0 Å². The highest BCUT2D eigenvalue weighted by atomic mass is 35.5. The van der Waals surface area contributed by atoms with Crippen LogP contribution in [-0.4, -0.2) is 65.9 Å². The molecule has 1 amide bonds. The normalized spacial score (nSPS) is 29.5. The van der Waals surface area contributed by atoms with E-state index in [4.69, 9.17) is 32.7 Å². The first-order valence-electron chi connectivity index (χ1n) is 14.4. The summed E-state index contributed by atoms with van der Waals surface area (Å²) < 4.78 is 43.5. The van der Waals surface area contributed by atoms with Crippen LogP contribution >= 0.6 is 23.2 Å². The zero-order valence-electron chi connectivity index (χ0n) is 24.6. The summed E-state index contributed by atoms with van der Waals surface area (Å²) in [7, 11) is 0. The van der Waals surface area contributed by atoms with Crippen molar-refractivity contribution in [3.63, 3.8) is 0 Å². The van der Waals surface area contributed by atoms with Gasteiger partial charge in [-0.15, -0.1) is 0 Å². The van der Waals surface area contributed by atoms with E-state index < -0.39 is 40.8 Å². The summed E-state index contributed by atoms with van der Waals surface area (Å²) in [6.45, 7) is 11.5. The Kier molecular flexibility index (Phi) is 8.41. The molecule has 10 heteroatoms. The summed E-state index contributed by atoms with van der Waals surface area (Å²) in [6.07, 6.45) is 0.872. The molecule has 0 aromatic heterocycles. The van der Waals surface area contributed by atoms with E-state index in [1.807, 2.05) is 39.5 Å². The summed E-state index contributed by atoms with van der Waals surface area (Å²) in [5, 5.41) is 11.2. The van der Waals surface area contributed by atoms with E-state index in [0.717, 1.165) is 0 Å². The lowest BCUT2D eigenvalue weighted by molar-refractivity contribution is -0.145. The van der Waals surface area contributed by atoms with Crippen molar-refractivity contribution in [1.29, 1.82) is 5.26 Å². The molecule has 226 valence electrons. The van der Waals surface area contributed by atoms with Crippen molar-refractivity contribution in [2.45, 2.75) is 82.8 Å². The molecule has 5 atom stereocenters. The minimum Gasteiger partial charge on any atom is -0.348 e. The van der Waals surface area contributed by atoms with Gasteiger partial charge in [0.1, 0.15) is 17.0 Å². The minimum absolute atomic E-state index is 0.0977. The van der Waals surface area contributed by atoms with Gasteiger partial charge in [-0.2, -0.15) is 5.26 Å². The summed E-state index contributed by atoms with van der Waals surface area (Å²) >= 11 is 12.4. The van der Waals surface area contributed by atoms with E-state index in [-0.39, 0.29) is 38.6 Å². The third-order valence-electron chi connectivity index (χ3n) is 8.75. The lowest BCUT2D eigenvalue weighted by Gasteiger charge is -2.42. The van der Waals surface area contributed by atoms with Crippen molar-refractivity contribution in [1.82, 2.24) is 9.80 Å². The van der Waals surface area contributed by atoms with Gasteiger partial charge in [0, 0.05) is 42.2 Å². The summed E-state index contributed by atoms with van der Waals surface area (Å²) in [5.41, 5.74) is -1.69. The van der Waals surface area contributed by atoms with Crippen molar-refractivity contribution in [2.24, 2.45) is 5.41 Å². The van der Waals surface area contributed by atoms with Crippen LogP contribution in [0.1, 0.15) is 64.5 Å². The summed E-state index contributed by atoms with van der Waals surface area (Å²) in [4.78, 5) is 18.2. The van der Waals surface area contributed by atoms with Gasteiger partial charge in [0.15, 0.2) is 5.79 Å². The Bertz CT molecular complexity index is 1410. The molecule has 3 aliphatic rings. The van der Waals surface area contributed by atoms with Gasteiger partial charge in [-0.3, -0.25) is 9.69 Å². The molecule has 0 spiro atoms. The predicted molar refractivity (Wildman–Crippen MR) is 157 cm³/mol. The van der Waals surface area contributed by atoms with Gasteiger partial charge in [-0.1, -0.05) is 62.2 Å². The monoisotopic (exact) mass is 619 g/mol. The molecule has 2 aromatic rings. The highest BCUT2D eigenvalue weighted by Gasteiger charge is 2.66. The number of carbonyl (C=O) groups is 1. The van der Waals surface area contributed by atoms with Crippen LogP contribution in [0.25, 0.3) is 0 Å². The third kappa shape index (κ3) is 5.55. The number of amides is 1. The van der Waals surface area contributed by atoms with Crippen LogP contribution in [0, 0.1) is 28.4 Å². The fourth-order valence-corrected chi connectivity index (χ4v) is 7.39. The number of fused-ring (bicyclic) bond motifs is 1. The molecule has 0 saturated carbocycles. The number of nitriles is 1. The van der Waals surface area contributed by atoms with Gasteiger partial charge in [-0.05, 0) is 55.9 Å². The molecule has 0 bridgehead atoms. The highest BCUT2D eigenvalue weighted by Crippen LogP contribution is 2.57. The summed E-state index contributed by atoms with van der Waals surface area (Å²) in [5.74, 6) is -3.32. The predicted octanol–water partition coefficient (Wildman–Crippen LogP) is 6.69. The van der Waals surface area contributed by atoms with Crippen molar-refractivity contribution in [3.05, 3.63) is 69.2 Å². The van der Waals surface area contributed by atoms with Crippen LogP contribution < -0.4 is 0 Å². The van der Waals surface area contributed by atoms with Crippen LogP contribution in [0.15, 0.2) is 36.4 Å². The number of rotatable bonds is 6. The van der Waals surface area contributed by atoms with Gasteiger partial charge < -0.3 is 14.4 Å². The Hall–Kier alpha value is -2.28. The molecule has 3 aliphatic heterocycles. The maximum absolute atomic E-state index is 16.0. The molecule has 5 rings (SSSR count). The lowest BCUT2D eigenvalue weighted by atomic mass is 9.62. The first-order chi connectivity index (χ1) is 19.7. The number of nitrogens with zero attached hydrogens (tertiary/aromatic N) is 3. The number of carbonyl (C=O) groups excluding carboxylic acids is 1. The third-order valence-corrected chi connectivity index (χ3v) is 9.28. The Balaban J connectivity index is 1.65. The average Bonchev–Trinajstić information content (AvgIpc) is 3.39. The maximum atomic E-state index is 16.0. The quantitative estimate of drug-likeness (QED) is 0.360. The Morgan fingerprint density at radius 2 is 1.88 bits per heavy atom. The van der Waals surface area contributed by atoms with Gasteiger partial charge in [-0.25, -0.2) is 8.78 Å². The molecule has 3 fully saturated rings. The second kappa shape index (κ2) is 11.3. The van der Waals surface area contributed by atoms with E-state index in [9.17, 15) is 10.1 Å². The summed E-state index contributed by atoms with van der Waals surface area (Å²) in [6, 6.07) is 9.76. The van der Waals surface area contributed by atoms with Gasteiger partial charge >= 0.3 is 0 Å². The zero-order valence-corrected chi connectivity index (χ0v) is 26.1. The minimum atomic E-state index is -1.61. The molecule has 0 radical (unpaired) electrons. The second-order valence-electron chi connectivity index (χ2n) is 13.3. The largest absolute Gasteiger partial charge is 0.348 e. The fourth-order valence-electron chi connectivity index (χ4n) is 7.05. The molecular weight excluding hydrogens is 583 g/mol. The van der Waals surface area contributed by atoms with Crippen LogP contribution in [0.4, 0.5) is 8.78 Å². The first kappa shape index (κ1) is 31.2. The molecule has 1 unspecified atom stereocenters. The number of hydrogen-bond donors (Lipinski definition) is 0. The standard InChI is InChI=1S/C32H37Cl2F2N3O3/c1-30(2,3)16-25-32(18-37,22-10-9-19(33)15-24(22)35)26(21-7-6-8-23(34)27(21)36)28-29(40)38(13-14-39(25)28)12-11-20-17-41-31(4,5)42-20/h6-10,15,20,25-26,28H,11-14,16-17H2,1-5H3/t20?,25-,26-,28+,32-/m0/s1. The van der Waals surface area contributed by atoms with Crippen LogP contribution in [0.5, 0.6) is 0 Å². The Morgan fingerprint density at radius 3 is 2.50 bits per heavy atom. The molecule has 6 nitrogen and oxygen atoms in total. The van der Waals surface area contributed by atoms with E-state index >= 15 is 8.78 Å². The fraction of sp³-hybridized carbons (Fsp3) is 0.562. The van der Waals surface area contributed by atoms with Crippen molar-refractivity contribution in [3.8, 4) is 6.07 Å². The number of hydrogen-bond acceptors (Lipinski definition) is 5. The zero-order chi connectivity index (χ0) is 30.6. The van der Waals surface area contributed by atoms with E-state index in [1.54, 1.807) is 17.0 Å².